The van der Waals surface area contributed by atoms with Gasteiger partial charge in [-0.1, -0.05) is 70.8 Å². The summed E-state index contributed by atoms with van der Waals surface area (Å²) in [6.07, 6.45) is 7.32. The molecule has 4 aliphatic rings. The number of ether oxygens (including phenoxy) is 2. The Kier molecular flexibility index (Phi) is 18.1. The molecule has 8 rings (SSSR count). The van der Waals surface area contributed by atoms with E-state index in [1.165, 1.54) is 38.5 Å². The Bertz CT molecular complexity index is 2120. The van der Waals surface area contributed by atoms with E-state index in [2.05, 4.69) is 35.7 Å². The summed E-state index contributed by atoms with van der Waals surface area (Å²) in [7, 11) is 0. The van der Waals surface area contributed by atoms with E-state index in [1.54, 1.807) is 24.3 Å². The van der Waals surface area contributed by atoms with Crippen LogP contribution in [0.5, 0.6) is 0 Å². The van der Waals surface area contributed by atoms with E-state index in [9.17, 15) is 20.2 Å². The first kappa shape index (κ1) is 47.2. The van der Waals surface area contributed by atoms with Gasteiger partial charge in [0.05, 0.1) is 67.4 Å². The van der Waals surface area contributed by atoms with Crippen LogP contribution in [0, 0.1) is 20.2 Å². The molecule has 0 atom stereocenters. The zero-order valence-corrected chi connectivity index (χ0v) is 37.6. The fourth-order valence-corrected chi connectivity index (χ4v) is 8.60. The number of benzene rings is 2. The van der Waals surface area contributed by atoms with Crippen molar-refractivity contribution in [3.8, 4) is 0 Å². The molecule has 4 fully saturated rings. The average Bonchev–Trinajstić information content (AvgIpc) is 3.26. The number of morpholine rings is 2. The van der Waals surface area contributed by atoms with Gasteiger partial charge in [0.2, 0.25) is 11.0 Å². The molecule has 4 aromatic rings. The predicted molar refractivity (Wildman–Crippen MR) is 246 cm³/mol. The lowest BCUT2D eigenvalue weighted by Crippen LogP contribution is -2.37. The van der Waals surface area contributed by atoms with Crippen LogP contribution in [0.3, 0.4) is 0 Å². The fraction of sp³-hybridized carbons (Fsp3) is 0.550. The lowest BCUT2D eigenvalue weighted by molar-refractivity contribution is -0.384. The third-order valence-corrected chi connectivity index (χ3v) is 12.5. The molecule has 61 heavy (non-hydrogen) atoms. The largest absolute Gasteiger partial charge is 0.379 e. The molecule has 2 aromatic carbocycles. The Balaban J connectivity index is 0.000000181. The van der Waals surface area contributed by atoms with Crippen LogP contribution in [0.1, 0.15) is 38.5 Å². The number of rotatable bonds is 11. The minimum atomic E-state index is -0.527. The predicted octanol–water partition coefficient (Wildman–Crippen LogP) is 8.79. The molecular weight excluding hydrogens is 894 g/mol. The summed E-state index contributed by atoms with van der Waals surface area (Å²) in [5.74, 6) is 0.342. The summed E-state index contributed by atoms with van der Waals surface area (Å²) < 4.78 is 10.4. The first-order valence-corrected chi connectivity index (χ1v) is 22.5. The van der Waals surface area contributed by atoms with Crippen LogP contribution >= 0.6 is 58.0 Å². The molecule has 0 spiro atoms. The molecule has 4 aliphatic heterocycles. The Morgan fingerprint density at radius 3 is 1.49 bits per heavy atom. The standard InChI is InChI=1S/C20H25Cl2N5O3.C16H17Cl3N4O2.C4H9NO/c21-15-12-14-17(13-16(15)22)24-20(26-8-10-30-11-9-26)19(27(28)29)18(14)23-4-7-25-5-2-1-3-6-25;17-11-8-10-13(9-12(11)18)21-16(19)15(23(24)25)14(10)20-4-7-22-5-2-1-3-6-22;1-3-6-4-2-5-1/h12-13H,1-11H2,(H,23,24);8-9H,1-7H2,(H,20,21);5H,1-4H2. The van der Waals surface area contributed by atoms with Gasteiger partial charge in [-0.2, -0.15) is 0 Å². The van der Waals surface area contributed by atoms with Crippen molar-refractivity contribution in [3.05, 3.63) is 69.7 Å². The molecule has 0 aliphatic carbocycles. The van der Waals surface area contributed by atoms with E-state index >= 15 is 0 Å². The number of hydrogen-bond donors (Lipinski definition) is 3. The van der Waals surface area contributed by atoms with Crippen LogP contribution in [0.15, 0.2) is 24.3 Å². The SMILES string of the molecule is C1COCCN1.O=[N+]([O-])c1c(Cl)nc2cc(Cl)c(Cl)cc2c1NCCN1CCCCC1.O=[N+]([O-])c1c(N2CCOCC2)nc2cc(Cl)c(Cl)cc2c1NCCN1CCCCC1. The van der Waals surface area contributed by atoms with Gasteiger partial charge < -0.3 is 40.1 Å². The lowest BCUT2D eigenvalue weighted by Gasteiger charge is -2.29. The molecule has 6 heterocycles. The van der Waals surface area contributed by atoms with Crippen molar-refractivity contribution in [1.82, 2.24) is 25.1 Å². The van der Waals surface area contributed by atoms with E-state index in [0.29, 0.717) is 98.5 Å². The smallest absolute Gasteiger partial charge is 0.335 e. The number of likely N-dealkylation sites (tertiary alicyclic amines) is 2. The molecule has 0 unspecified atom stereocenters. The van der Waals surface area contributed by atoms with Gasteiger partial charge in [-0.15, -0.1) is 0 Å². The molecule has 4 saturated heterocycles. The highest BCUT2D eigenvalue weighted by Crippen LogP contribution is 2.43. The number of nitrogens with zero attached hydrogens (tertiary/aromatic N) is 7. The summed E-state index contributed by atoms with van der Waals surface area (Å²) >= 11 is 30.6. The second-order valence-electron chi connectivity index (χ2n) is 15.0. The van der Waals surface area contributed by atoms with Crippen LogP contribution in [-0.4, -0.2) is 135 Å². The maximum Gasteiger partial charge on any atom is 0.335 e. The van der Waals surface area contributed by atoms with Crippen molar-refractivity contribution in [3.63, 3.8) is 0 Å². The van der Waals surface area contributed by atoms with Crippen LogP contribution in [0.25, 0.3) is 21.8 Å². The fourth-order valence-electron chi connectivity index (χ4n) is 7.71. The van der Waals surface area contributed by atoms with Crippen LogP contribution in [0.2, 0.25) is 25.2 Å². The maximum absolute atomic E-state index is 12.1. The van der Waals surface area contributed by atoms with Gasteiger partial charge in [-0.25, -0.2) is 9.97 Å². The van der Waals surface area contributed by atoms with Gasteiger partial charge >= 0.3 is 11.4 Å². The summed E-state index contributed by atoms with van der Waals surface area (Å²) in [4.78, 5) is 38.1. The molecule has 16 nitrogen and oxygen atoms in total. The van der Waals surface area contributed by atoms with Gasteiger partial charge in [0.15, 0.2) is 0 Å². The van der Waals surface area contributed by atoms with Crippen molar-refractivity contribution >= 4 is 108 Å². The number of halogens is 5. The minimum Gasteiger partial charge on any atom is -0.379 e. The van der Waals surface area contributed by atoms with E-state index in [-0.39, 0.29) is 21.5 Å². The number of hydrogen-bond acceptors (Lipinski definition) is 14. The highest BCUT2D eigenvalue weighted by molar-refractivity contribution is 6.43. The van der Waals surface area contributed by atoms with Crippen molar-refractivity contribution in [2.24, 2.45) is 0 Å². The quantitative estimate of drug-likeness (QED) is 0.0739. The number of anilines is 3. The molecule has 0 saturated carbocycles. The Morgan fingerprint density at radius 2 is 1.05 bits per heavy atom. The first-order valence-electron chi connectivity index (χ1n) is 20.6. The first-order chi connectivity index (χ1) is 29.5. The topological polar surface area (TPSA) is 176 Å². The summed E-state index contributed by atoms with van der Waals surface area (Å²) in [6, 6.07) is 6.47. The van der Waals surface area contributed by atoms with Gasteiger partial charge in [0, 0.05) is 63.1 Å². The number of piperidine rings is 2. The highest BCUT2D eigenvalue weighted by Gasteiger charge is 2.30. The summed E-state index contributed by atoms with van der Waals surface area (Å²) in [5.41, 5.74) is 1.55. The normalized spacial score (nSPS) is 17.6. The average molecular weight is 945 g/mol. The molecule has 21 heteroatoms. The van der Waals surface area contributed by atoms with E-state index < -0.39 is 4.92 Å². The molecular formula is C40H51Cl5N10O6. The second kappa shape index (κ2) is 23.4. The Hall–Kier alpha value is -3.29. The van der Waals surface area contributed by atoms with Gasteiger partial charge in [0.1, 0.15) is 11.4 Å². The Morgan fingerprint density at radius 1 is 0.607 bits per heavy atom. The third-order valence-electron chi connectivity index (χ3n) is 10.8. The van der Waals surface area contributed by atoms with Crippen molar-refractivity contribution in [2.75, 3.05) is 120 Å². The number of nitrogens with one attached hydrogen (secondary N) is 3. The van der Waals surface area contributed by atoms with Crippen LogP contribution in [0.4, 0.5) is 28.6 Å². The van der Waals surface area contributed by atoms with Gasteiger partial charge in [-0.3, -0.25) is 20.2 Å². The zero-order chi connectivity index (χ0) is 43.3. The summed E-state index contributed by atoms with van der Waals surface area (Å²) in [6.45, 7) is 13.0. The zero-order valence-electron chi connectivity index (χ0n) is 33.8. The number of aromatic nitrogens is 2. The van der Waals surface area contributed by atoms with Crippen molar-refractivity contribution in [1.29, 1.82) is 0 Å². The monoisotopic (exact) mass is 942 g/mol. The lowest BCUT2D eigenvalue weighted by atomic mass is 10.1. The molecule has 3 N–H and O–H groups in total. The highest BCUT2D eigenvalue weighted by atomic mass is 35.5. The molecule has 0 radical (unpaired) electrons. The van der Waals surface area contributed by atoms with Gasteiger partial charge in [0.25, 0.3) is 0 Å². The molecule has 332 valence electrons. The van der Waals surface area contributed by atoms with Crippen molar-refractivity contribution in [2.45, 2.75) is 38.5 Å². The van der Waals surface area contributed by atoms with Crippen LogP contribution < -0.4 is 20.9 Å². The summed E-state index contributed by atoms with van der Waals surface area (Å²) in [5, 5.41) is 35.6. The van der Waals surface area contributed by atoms with Crippen molar-refractivity contribution < 1.29 is 19.3 Å². The Labute approximate surface area is 379 Å². The number of pyridine rings is 2. The molecule has 2 aromatic heterocycles. The molecule has 0 amide bonds. The minimum absolute atomic E-state index is 0.0265. The maximum atomic E-state index is 12.1. The number of fused-ring (bicyclic) bond motifs is 2. The van der Waals surface area contributed by atoms with Gasteiger partial charge in [-0.05, 0) is 76.1 Å². The van der Waals surface area contributed by atoms with E-state index in [4.69, 9.17) is 67.5 Å². The van der Waals surface area contributed by atoms with E-state index in [0.717, 1.165) is 65.6 Å². The van der Waals surface area contributed by atoms with E-state index in [1.807, 2.05) is 4.90 Å². The second-order valence-corrected chi connectivity index (χ2v) is 17.0. The molecule has 0 bridgehead atoms. The third kappa shape index (κ3) is 12.9. The number of nitro groups is 2. The van der Waals surface area contributed by atoms with Crippen LogP contribution in [-0.2, 0) is 9.47 Å².